The van der Waals surface area contributed by atoms with E-state index in [4.69, 9.17) is 22.2 Å². The average molecular weight is 305 g/mol. The molecule has 0 aliphatic carbocycles. The SMILES string of the molecule is NNC1C=CN(C2OC(N)(CN=O)C(ON)C2F)C(=O)N1. The Kier molecular flexibility index (Phi) is 4.46. The van der Waals surface area contributed by atoms with Crippen molar-refractivity contribution in [3.63, 3.8) is 0 Å². The molecule has 8 N–H and O–H groups in total. The number of alkyl halides is 1. The van der Waals surface area contributed by atoms with E-state index in [1.165, 1.54) is 12.3 Å². The maximum Gasteiger partial charge on any atom is 0.325 e. The van der Waals surface area contributed by atoms with Crippen molar-refractivity contribution in [3.8, 4) is 0 Å². The van der Waals surface area contributed by atoms with Crippen LogP contribution in [0.5, 0.6) is 0 Å². The third-order valence-electron chi connectivity index (χ3n) is 3.25. The lowest BCUT2D eigenvalue weighted by molar-refractivity contribution is -0.113. The van der Waals surface area contributed by atoms with Crippen molar-refractivity contribution in [2.45, 2.75) is 30.4 Å². The van der Waals surface area contributed by atoms with E-state index in [1.807, 2.05) is 0 Å². The molecule has 2 heterocycles. The molecule has 2 aliphatic heterocycles. The average Bonchev–Trinajstić information content (AvgIpc) is 2.70. The van der Waals surface area contributed by atoms with Gasteiger partial charge in [-0.2, -0.15) is 4.91 Å². The highest BCUT2D eigenvalue weighted by molar-refractivity contribution is 5.77. The predicted molar refractivity (Wildman–Crippen MR) is 67.0 cm³/mol. The lowest BCUT2D eigenvalue weighted by Crippen LogP contribution is -2.57. The summed E-state index contributed by atoms with van der Waals surface area (Å²) in [5, 5.41) is 5.01. The van der Waals surface area contributed by atoms with Crippen LogP contribution in [-0.2, 0) is 9.57 Å². The number of nitroso groups, excluding NO2 is 1. The number of nitrogens with one attached hydrogen (secondary N) is 2. The van der Waals surface area contributed by atoms with Crippen LogP contribution >= 0.6 is 0 Å². The number of urea groups is 1. The number of hydrogen-bond donors (Lipinski definition) is 5. The zero-order chi connectivity index (χ0) is 15.6. The Labute approximate surface area is 118 Å². The summed E-state index contributed by atoms with van der Waals surface area (Å²) in [6.07, 6.45) is -2.61. The molecule has 1 saturated heterocycles. The van der Waals surface area contributed by atoms with Gasteiger partial charge in [0.05, 0.1) is 0 Å². The normalized spacial score (nSPS) is 39.4. The maximum atomic E-state index is 14.4. The number of hydrazine groups is 1. The third kappa shape index (κ3) is 2.72. The van der Waals surface area contributed by atoms with Crippen LogP contribution in [0.25, 0.3) is 0 Å². The minimum absolute atomic E-state index is 0.585. The number of carbonyl (C=O) groups excluding carboxylic acids is 1. The molecule has 5 unspecified atom stereocenters. The van der Waals surface area contributed by atoms with Crippen molar-refractivity contribution in [2.24, 2.45) is 22.7 Å². The van der Waals surface area contributed by atoms with E-state index in [0.717, 1.165) is 4.90 Å². The molecule has 11 nitrogen and oxygen atoms in total. The van der Waals surface area contributed by atoms with Crippen molar-refractivity contribution < 1.29 is 18.8 Å². The molecule has 0 aromatic heterocycles. The van der Waals surface area contributed by atoms with Gasteiger partial charge in [-0.15, -0.1) is 0 Å². The summed E-state index contributed by atoms with van der Waals surface area (Å²) in [6, 6.07) is -0.674. The molecule has 2 aliphatic rings. The highest BCUT2D eigenvalue weighted by Gasteiger charge is 2.57. The highest BCUT2D eigenvalue weighted by atomic mass is 19.1. The predicted octanol–water partition coefficient (Wildman–Crippen LogP) is -2.31. The fraction of sp³-hybridized carbons (Fsp3) is 0.667. The first-order valence-electron chi connectivity index (χ1n) is 5.95. The fourth-order valence-corrected chi connectivity index (χ4v) is 2.20. The number of rotatable bonds is 5. The second-order valence-corrected chi connectivity index (χ2v) is 4.59. The molecule has 2 rings (SSSR count). The van der Waals surface area contributed by atoms with Crippen LogP contribution in [0.15, 0.2) is 17.5 Å². The van der Waals surface area contributed by atoms with Crippen LogP contribution in [0.4, 0.5) is 9.18 Å². The van der Waals surface area contributed by atoms with E-state index in [2.05, 4.69) is 20.8 Å². The number of ether oxygens (including phenoxy) is 1. The first-order valence-corrected chi connectivity index (χ1v) is 5.95. The first-order chi connectivity index (χ1) is 9.96. The van der Waals surface area contributed by atoms with E-state index in [0.29, 0.717) is 0 Å². The zero-order valence-corrected chi connectivity index (χ0v) is 10.8. The standard InChI is InChI=1S/C9H16FN7O4/c10-5-6(21-13)9(11,3-14-19)20-7(5)17-2-1-4(16-12)15-8(17)18/h1-2,4-7,16H,3,11-13H2,(H,15,18). The molecule has 5 atom stereocenters. The largest absolute Gasteiger partial charge is 0.329 e. The van der Waals surface area contributed by atoms with Gasteiger partial charge in [0.15, 0.2) is 24.2 Å². The summed E-state index contributed by atoms with van der Waals surface area (Å²) in [7, 11) is 0. The second-order valence-electron chi connectivity index (χ2n) is 4.59. The number of nitrogens with zero attached hydrogens (tertiary/aromatic N) is 2. The Morgan fingerprint density at radius 2 is 2.38 bits per heavy atom. The molecule has 118 valence electrons. The van der Waals surface area contributed by atoms with Gasteiger partial charge in [0.2, 0.25) is 0 Å². The number of amides is 2. The van der Waals surface area contributed by atoms with E-state index in [-0.39, 0.29) is 0 Å². The molecule has 0 aromatic carbocycles. The number of halogens is 1. The zero-order valence-electron chi connectivity index (χ0n) is 10.8. The Balaban J connectivity index is 2.21. The topological polar surface area (TPSA) is 170 Å². The third-order valence-corrected chi connectivity index (χ3v) is 3.25. The van der Waals surface area contributed by atoms with Crippen LogP contribution in [-0.4, -0.2) is 47.9 Å². The molecule has 0 saturated carbocycles. The Morgan fingerprint density at radius 1 is 1.67 bits per heavy atom. The van der Waals surface area contributed by atoms with Crippen molar-refractivity contribution in [1.82, 2.24) is 15.6 Å². The van der Waals surface area contributed by atoms with Gasteiger partial charge in [0.25, 0.3) is 0 Å². The quantitative estimate of drug-likeness (QED) is 0.214. The molecule has 0 aromatic rings. The van der Waals surface area contributed by atoms with E-state index < -0.39 is 43.0 Å². The summed E-state index contributed by atoms with van der Waals surface area (Å²) in [5.74, 6) is 10.2. The lowest BCUT2D eigenvalue weighted by Gasteiger charge is -2.32. The second kappa shape index (κ2) is 5.97. The van der Waals surface area contributed by atoms with Gasteiger partial charge in [-0.3, -0.25) is 21.3 Å². The van der Waals surface area contributed by atoms with E-state index >= 15 is 0 Å². The monoisotopic (exact) mass is 305 g/mol. The highest BCUT2D eigenvalue weighted by Crippen LogP contribution is 2.34. The molecule has 2 amide bonds. The minimum atomic E-state index is -1.88. The maximum absolute atomic E-state index is 14.4. The van der Waals surface area contributed by atoms with Crippen LogP contribution < -0.4 is 28.2 Å². The van der Waals surface area contributed by atoms with Gasteiger partial charge in [0, 0.05) is 6.20 Å². The Bertz CT molecular complexity index is 452. The minimum Gasteiger partial charge on any atom is -0.329 e. The summed E-state index contributed by atoms with van der Waals surface area (Å²) >= 11 is 0. The van der Waals surface area contributed by atoms with Gasteiger partial charge >= 0.3 is 6.03 Å². The fourth-order valence-electron chi connectivity index (χ4n) is 2.20. The van der Waals surface area contributed by atoms with Crippen molar-refractivity contribution in [1.29, 1.82) is 0 Å². The molecular weight excluding hydrogens is 289 g/mol. The summed E-state index contributed by atoms with van der Waals surface area (Å²) in [5.41, 5.74) is 6.18. The molecule has 0 radical (unpaired) electrons. The molecule has 0 spiro atoms. The van der Waals surface area contributed by atoms with Crippen LogP contribution in [0.1, 0.15) is 0 Å². The molecule has 12 heteroatoms. The first kappa shape index (κ1) is 15.7. The van der Waals surface area contributed by atoms with Crippen molar-refractivity contribution in [3.05, 3.63) is 17.2 Å². The molecular formula is C9H16FN7O4. The summed E-state index contributed by atoms with van der Waals surface area (Å²) in [6.45, 7) is -0.585. The number of carbonyl (C=O) groups is 1. The van der Waals surface area contributed by atoms with Gasteiger partial charge in [0.1, 0.15) is 12.7 Å². The van der Waals surface area contributed by atoms with E-state index in [1.54, 1.807) is 0 Å². The van der Waals surface area contributed by atoms with Crippen LogP contribution in [0.3, 0.4) is 0 Å². The lowest BCUT2D eigenvalue weighted by atomic mass is 10.1. The van der Waals surface area contributed by atoms with Gasteiger partial charge in [-0.1, -0.05) is 5.18 Å². The van der Waals surface area contributed by atoms with Crippen LogP contribution in [0, 0.1) is 4.91 Å². The Hall–Kier alpha value is -1.70. The summed E-state index contributed by atoms with van der Waals surface area (Å²) < 4.78 is 19.6. The number of hydrogen-bond acceptors (Lipinski definition) is 9. The molecule has 0 bridgehead atoms. The van der Waals surface area contributed by atoms with Crippen LogP contribution in [0.2, 0.25) is 0 Å². The van der Waals surface area contributed by atoms with Crippen molar-refractivity contribution in [2.75, 3.05) is 6.54 Å². The van der Waals surface area contributed by atoms with Gasteiger partial charge < -0.3 is 10.1 Å². The van der Waals surface area contributed by atoms with Gasteiger partial charge in [-0.05, 0) is 6.08 Å². The summed E-state index contributed by atoms with van der Waals surface area (Å²) in [4.78, 5) is 27.7. The smallest absolute Gasteiger partial charge is 0.325 e. The van der Waals surface area contributed by atoms with Gasteiger partial charge in [-0.25, -0.2) is 20.5 Å². The van der Waals surface area contributed by atoms with E-state index in [9.17, 15) is 14.1 Å². The molecule has 21 heavy (non-hydrogen) atoms. The number of nitrogens with two attached hydrogens (primary N) is 3. The molecule has 1 fully saturated rings. The van der Waals surface area contributed by atoms with Crippen molar-refractivity contribution >= 4 is 6.03 Å². The Morgan fingerprint density at radius 3 is 2.90 bits per heavy atom.